The lowest BCUT2D eigenvalue weighted by Crippen LogP contribution is -2.37. The number of nitrogens with zero attached hydrogens (tertiary/aromatic N) is 4. The van der Waals surface area contributed by atoms with Crippen LogP contribution in [-0.2, 0) is 16.0 Å². The third-order valence-corrected chi connectivity index (χ3v) is 4.71. The summed E-state index contributed by atoms with van der Waals surface area (Å²) in [5.74, 6) is 1.55. The number of hydrogen-bond acceptors (Lipinski definition) is 6. The predicted octanol–water partition coefficient (Wildman–Crippen LogP) is 2.97. The summed E-state index contributed by atoms with van der Waals surface area (Å²) in [6, 6.07) is 10.2. The van der Waals surface area contributed by atoms with Gasteiger partial charge in [-0.25, -0.2) is 9.97 Å². The molecule has 1 saturated heterocycles. The molecule has 6 heteroatoms. The van der Waals surface area contributed by atoms with Crippen molar-refractivity contribution in [2.75, 3.05) is 31.2 Å². The number of carbonyl (C=O) groups excluding carboxylic acids is 1. The molecular formula is C21H22N4O2. The summed E-state index contributed by atoms with van der Waals surface area (Å²) in [6.07, 6.45) is 3.91. The summed E-state index contributed by atoms with van der Waals surface area (Å²) in [4.78, 5) is 27.2. The number of pyridine rings is 1. The Kier molecular flexibility index (Phi) is 5.07. The van der Waals surface area contributed by atoms with Gasteiger partial charge in [0.15, 0.2) is 11.6 Å². The molecule has 138 valence electrons. The number of ether oxygens (including phenoxy) is 1. The van der Waals surface area contributed by atoms with Gasteiger partial charge >= 0.3 is 0 Å². The van der Waals surface area contributed by atoms with Gasteiger partial charge in [0.2, 0.25) is 0 Å². The van der Waals surface area contributed by atoms with Crippen LogP contribution in [0.2, 0.25) is 0 Å². The Labute approximate surface area is 158 Å². The van der Waals surface area contributed by atoms with Gasteiger partial charge < -0.3 is 14.4 Å². The molecule has 1 aliphatic heterocycles. The van der Waals surface area contributed by atoms with Gasteiger partial charge in [0.1, 0.15) is 11.8 Å². The van der Waals surface area contributed by atoms with Crippen molar-refractivity contribution in [3.8, 4) is 11.4 Å². The first-order valence-electron chi connectivity index (χ1n) is 9.24. The highest BCUT2D eigenvalue weighted by Crippen LogP contribution is 2.28. The first kappa shape index (κ1) is 17.5. The van der Waals surface area contributed by atoms with E-state index in [1.165, 1.54) is 5.56 Å². The van der Waals surface area contributed by atoms with Crippen LogP contribution in [0.5, 0.6) is 0 Å². The van der Waals surface area contributed by atoms with Crippen LogP contribution in [0, 0.1) is 6.92 Å². The number of morpholine rings is 1. The van der Waals surface area contributed by atoms with Crippen molar-refractivity contribution >= 4 is 23.1 Å². The van der Waals surface area contributed by atoms with Gasteiger partial charge in [0.05, 0.1) is 18.7 Å². The predicted molar refractivity (Wildman–Crippen MR) is 105 cm³/mol. The number of aryl methyl sites for hydroxylation is 2. The first-order valence-corrected chi connectivity index (χ1v) is 9.24. The Hall–Kier alpha value is -2.86. The molecule has 2 aromatic heterocycles. The lowest BCUT2D eigenvalue weighted by atomic mass is 10.1. The second-order valence-corrected chi connectivity index (χ2v) is 6.76. The van der Waals surface area contributed by atoms with Gasteiger partial charge in [0.25, 0.3) is 0 Å². The molecule has 1 aliphatic rings. The summed E-state index contributed by atoms with van der Waals surface area (Å²) in [6.45, 7) is 5.00. The van der Waals surface area contributed by atoms with E-state index in [0.29, 0.717) is 31.9 Å². The molecule has 0 spiro atoms. The highest BCUT2D eigenvalue weighted by atomic mass is 16.5. The number of carbonyl (C=O) groups is 1. The van der Waals surface area contributed by atoms with Crippen molar-refractivity contribution in [1.82, 2.24) is 15.0 Å². The largest absolute Gasteiger partial charge is 0.378 e. The Morgan fingerprint density at radius 1 is 1.19 bits per heavy atom. The Morgan fingerprint density at radius 2 is 2.04 bits per heavy atom. The molecule has 1 fully saturated rings. The van der Waals surface area contributed by atoms with Crippen molar-refractivity contribution in [3.63, 3.8) is 0 Å². The average molecular weight is 362 g/mol. The van der Waals surface area contributed by atoms with Crippen LogP contribution >= 0.6 is 0 Å². The Balaban J connectivity index is 1.85. The molecule has 27 heavy (non-hydrogen) atoms. The maximum Gasteiger partial charge on any atom is 0.162 e. The minimum absolute atomic E-state index is 0.485. The minimum Gasteiger partial charge on any atom is -0.378 e. The van der Waals surface area contributed by atoms with Gasteiger partial charge in [0, 0.05) is 31.3 Å². The van der Waals surface area contributed by atoms with Crippen molar-refractivity contribution in [3.05, 3.63) is 47.7 Å². The minimum atomic E-state index is 0.485. The van der Waals surface area contributed by atoms with Gasteiger partial charge in [-0.3, -0.25) is 4.98 Å². The lowest BCUT2D eigenvalue weighted by molar-refractivity contribution is -0.107. The summed E-state index contributed by atoms with van der Waals surface area (Å²) in [5.41, 5.74) is 4.78. The van der Waals surface area contributed by atoms with Crippen LogP contribution in [0.1, 0.15) is 17.5 Å². The monoisotopic (exact) mass is 362 g/mol. The number of anilines is 1. The van der Waals surface area contributed by atoms with Crippen LogP contribution in [0.25, 0.3) is 22.4 Å². The van der Waals surface area contributed by atoms with Crippen molar-refractivity contribution in [2.24, 2.45) is 0 Å². The highest BCUT2D eigenvalue weighted by molar-refractivity contribution is 5.88. The fourth-order valence-electron chi connectivity index (χ4n) is 3.32. The van der Waals surface area contributed by atoms with E-state index >= 15 is 0 Å². The number of hydrogen-bond donors (Lipinski definition) is 0. The number of aldehydes is 1. The van der Waals surface area contributed by atoms with Crippen LogP contribution in [0.4, 0.5) is 5.82 Å². The fraction of sp³-hybridized carbons (Fsp3) is 0.333. The van der Waals surface area contributed by atoms with Crippen LogP contribution in [0.3, 0.4) is 0 Å². The SMILES string of the molecule is Cc1cccc(-c2nc(N3CCOCC3)c3ncc(CCC=O)cc3n2)c1. The normalized spacial score (nSPS) is 14.5. The molecule has 0 amide bonds. The van der Waals surface area contributed by atoms with Crippen LogP contribution in [-0.4, -0.2) is 47.5 Å². The van der Waals surface area contributed by atoms with Gasteiger partial charge in [-0.15, -0.1) is 0 Å². The van der Waals surface area contributed by atoms with E-state index < -0.39 is 0 Å². The van der Waals surface area contributed by atoms with Crippen molar-refractivity contribution in [2.45, 2.75) is 19.8 Å². The van der Waals surface area contributed by atoms with E-state index in [1.54, 1.807) is 0 Å². The first-order chi connectivity index (χ1) is 13.2. The molecular weight excluding hydrogens is 340 g/mol. The number of fused-ring (bicyclic) bond motifs is 1. The molecule has 1 aromatic carbocycles. The second-order valence-electron chi connectivity index (χ2n) is 6.76. The van der Waals surface area contributed by atoms with E-state index in [4.69, 9.17) is 14.7 Å². The summed E-state index contributed by atoms with van der Waals surface area (Å²) in [7, 11) is 0. The third kappa shape index (κ3) is 3.80. The van der Waals surface area contributed by atoms with E-state index in [0.717, 1.165) is 47.4 Å². The van der Waals surface area contributed by atoms with Crippen LogP contribution < -0.4 is 4.90 Å². The summed E-state index contributed by atoms with van der Waals surface area (Å²) in [5, 5.41) is 0. The van der Waals surface area contributed by atoms with Gasteiger partial charge in [-0.05, 0) is 31.0 Å². The topological polar surface area (TPSA) is 68.2 Å². The van der Waals surface area contributed by atoms with Crippen molar-refractivity contribution in [1.29, 1.82) is 0 Å². The summed E-state index contributed by atoms with van der Waals surface area (Å²) < 4.78 is 5.49. The van der Waals surface area contributed by atoms with Crippen molar-refractivity contribution < 1.29 is 9.53 Å². The van der Waals surface area contributed by atoms with E-state index in [2.05, 4.69) is 28.9 Å². The lowest BCUT2D eigenvalue weighted by Gasteiger charge is -2.28. The highest BCUT2D eigenvalue weighted by Gasteiger charge is 2.19. The molecule has 6 nitrogen and oxygen atoms in total. The maximum absolute atomic E-state index is 10.7. The van der Waals surface area contributed by atoms with E-state index in [9.17, 15) is 4.79 Å². The maximum atomic E-state index is 10.7. The molecule has 0 N–H and O–H groups in total. The Morgan fingerprint density at radius 3 is 2.81 bits per heavy atom. The zero-order chi connectivity index (χ0) is 18.6. The van der Waals surface area contributed by atoms with Crippen LogP contribution in [0.15, 0.2) is 36.5 Å². The van der Waals surface area contributed by atoms with Gasteiger partial charge in [-0.1, -0.05) is 23.8 Å². The quantitative estimate of drug-likeness (QED) is 0.650. The summed E-state index contributed by atoms with van der Waals surface area (Å²) >= 11 is 0. The van der Waals surface area contributed by atoms with E-state index in [-0.39, 0.29) is 0 Å². The zero-order valence-corrected chi connectivity index (χ0v) is 15.4. The standard InChI is InChI=1S/C21H22N4O2/c1-15-4-2-6-17(12-15)20-23-18-13-16(5-3-9-26)14-22-19(18)21(24-20)25-7-10-27-11-8-25/h2,4,6,9,12-14H,3,5,7-8,10-11H2,1H3. The molecule has 0 radical (unpaired) electrons. The molecule has 3 aromatic rings. The number of aromatic nitrogens is 3. The molecule has 0 saturated carbocycles. The molecule has 4 rings (SSSR count). The van der Waals surface area contributed by atoms with E-state index in [1.807, 2.05) is 24.4 Å². The molecule has 0 aliphatic carbocycles. The number of benzene rings is 1. The molecule has 3 heterocycles. The Bertz CT molecular complexity index is 968. The average Bonchev–Trinajstić information content (AvgIpc) is 2.72. The second kappa shape index (κ2) is 7.80. The fourth-order valence-corrected chi connectivity index (χ4v) is 3.32. The zero-order valence-electron chi connectivity index (χ0n) is 15.4. The molecule has 0 atom stereocenters. The smallest absolute Gasteiger partial charge is 0.162 e. The van der Waals surface area contributed by atoms with Gasteiger partial charge in [-0.2, -0.15) is 0 Å². The molecule has 0 unspecified atom stereocenters. The number of rotatable bonds is 5. The third-order valence-electron chi connectivity index (χ3n) is 4.71. The molecule has 0 bridgehead atoms.